The van der Waals surface area contributed by atoms with E-state index in [0.29, 0.717) is 6.61 Å². The molecule has 106 valence electrons. The molecule has 3 rings (SSSR count). The third kappa shape index (κ3) is 3.15. The van der Waals surface area contributed by atoms with Crippen molar-refractivity contribution in [2.45, 2.75) is 45.6 Å². The number of nitrogens with zero attached hydrogens (tertiary/aromatic N) is 3. The van der Waals surface area contributed by atoms with E-state index in [-0.39, 0.29) is 5.41 Å². The lowest BCUT2D eigenvalue weighted by molar-refractivity contribution is 0.0171. The van der Waals surface area contributed by atoms with Gasteiger partial charge in [-0.15, -0.1) is 0 Å². The van der Waals surface area contributed by atoms with Gasteiger partial charge in [0.15, 0.2) is 5.82 Å². The summed E-state index contributed by atoms with van der Waals surface area (Å²) in [5, 5.41) is 17.0. The average Bonchev–Trinajstić information content (AvgIpc) is 3.11. The lowest BCUT2D eigenvalue weighted by atomic mass is 9.76. The van der Waals surface area contributed by atoms with Crippen LogP contribution in [0.1, 0.15) is 43.8 Å². The molecule has 1 saturated carbocycles. The molecule has 0 spiro atoms. The number of H-pyrrole nitrogens is 1. The van der Waals surface area contributed by atoms with Crippen LogP contribution in [0, 0.1) is 18.3 Å². The van der Waals surface area contributed by atoms with Crippen LogP contribution in [-0.4, -0.2) is 44.9 Å². The summed E-state index contributed by atoms with van der Waals surface area (Å²) in [5.41, 5.74) is 0.130. The predicted molar refractivity (Wildman–Crippen MR) is 72.5 cm³/mol. The molecule has 0 aromatic carbocycles. The maximum absolute atomic E-state index is 9.84. The van der Waals surface area contributed by atoms with Crippen LogP contribution in [-0.2, 0) is 6.54 Å². The van der Waals surface area contributed by atoms with E-state index in [1.54, 1.807) is 0 Å². The summed E-state index contributed by atoms with van der Waals surface area (Å²) in [4.78, 5) is 6.79. The zero-order chi connectivity index (χ0) is 13.3. The topological polar surface area (TPSA) is 65.0 Å². The second-order valence-corrected chi connectivity index (χ2v) is 6.46. The summed E-state index contributed by atoms with van der Waals surface area (Å²) < 4.78 is 0. The summed E-state index contributed by atoms with van der Waals surface area (Å²) in [5.74, 6) is 2.62. The summed E-state index contributed by atoms with van der Waals surface area (Å²) in [6, 6.07) is 0. The normalized spacial score (nSPS) is 28.7. The van der Waals surface area contributed by atoms with Gasteiger partial charge in [-0.3, -0.25) is 10.00 Å². The first kappa shape index (κ1) is 13.1. The molecule has 1 atom stereocenters. The summed E-state index contributed by atoms with van der Waals surface area (Å²) in [6.07, 6.45) is 6.27. The molecule has 0 amide bonds. The smallest absolute Gasteiger partial charge is 0.164 e. The molecule has 5 nitrogen and oxygen atoms in total. The van der Waals surface area contributed by atoms with Gasteiger partial charge in [0.2, 0.25) is 0 Å². The van der Waals surface area contributed by atoms with Gasteiger partial charge in [0, 0.05) is 18.6 Å². The third-order valence-corrected chi connectivity index (χ3v) is 4.50. The molecule has 1 aliphatic heterocycles. The van der Waals surface area contributed by atoms with Gasteiger partial charge >= 0.3 is 0 Å². The van der Waals surface area contributed by atoms with Crippen molar-refractivity contribution < 1.29 is 5.11 Å². The van der Waals surface area contributed by atoms with E-state index in [2.05, 4.69) is 20.1 Å². The van der Waals surface area contributed by atoms with E-state index in [9.17, 15) is 5.11 Å². The summed E-state index contributed by atoms with van der Waals surface area (Å²) >= 11 is 0. The van der Waals surface area contributed by atoms with Crippen molar-refractivity contribution in [2.24, 2.45) is 11.3 Å². The molecular formula is C14H24N4O. The number of aromatic nitrogens is 3. The van der Waals surface area contributed by atoms with Gasteiger partial charge in [-0.2, -0.15) is 5.10 Å². The number of likely N-dealkylation sites (tertiary alicyclic amines) is 1. The van der Waals surface area contributed by atoms with Crippen molar-refractivity contribution in [1.29, 1.82) is 0 Å². The van der Waals surface area contributed by atoms with Crippen LogP contribution in [0.2, 0.25) is 0 Å². The first-order chi connectivity index (χ1) is 9.19. The Morgan fingerprint density at radius 1 is 1.47 bits per heavy atom. The van der Waals surface area contributed by atoms with Crippen molar-refractivity contribution in [3.63, 3.8) is 0 Å². The van der Waals surface area contributed by atoms with Gasteiger partial charge in [-0.1, -0.05) is 12.8 Å². The number of aryl methyl sites for hydroxylation is 1. The molecule has 5 heteroatoms. The molecule has 2 heterocycles. The Bertz CT molecular complexity index is 429. The number of piperidine rings is 1. The zero-order valence-corrected chi connectivity index (χ0v) is 11.7. The van der Waals surface area contributed by atoms with E-state index in [1.807, 2.05) is 6.92 Å². The van der Waals surface area contributed by atoms with Crippen LogP contribution in [0.4, 0.5) is 0 Å². The van der Waals surface area contributed by atoms with Crippen LogP contribution in [0.15, 0.2) is 0 Å². The van der Waals surface area contributed by atoms with Crippen LogP contribution in [0.3, 0.4) is 0 Å². The maximum Gasteiger partial charge on any atom is 0.164 e. The first-order valence-corrected chi connectivity index (χ1v) is 7.40. The highest BCUT2D eigenvalue weighted by atomic mass is 16.3. The van der Waals surface area contributed by atoms with Crippen LogP contribution < -0.4 is 0 Å². The Balaban J connectivity index is 1.62. The molecule has 1 unspecified atom stereocenters. The number of hydrogen-bond acceptors (Lipinski definition) is 4. The van der Waals surface area contributed by atoms with E-state index >= 15 is 0 Å². The Morgan fingerprint density at radius 2 is 2.32 bits per heavy atom. The molecule has 1 aromatic heterocycles. The second-order valence-electron chi connectivity index (χ2n) is 6.46. The zero-order valence-electron chi connectivity index (χ0n) is 11.7. The summed E-state index contributed by atoms with van der Waals surface area (Å²) in [7, 11) is 0. The number of nitrogens with one attached hydrogen (secondary N) is 1. The Hall–Kier alpha value is -0.940. The molecule has 1 aromatic rings. The highest BCUT2D eigenvalue weighted by Crippen LogP contribution is 2.44. The van der Waals surface area contributed by atoms with E-state index in [1.165, 1.54) is 32.1 Å². The fourth-order valence-electron chi connectivity index (χ4n) is 3.40. The number of hydrogen-bond donors (Lipinski definition) is 2. The Morgan fingerprint density at radius 3 is 2.95 bits per heavy atom. The van der Waals surface area contributed by atoms with Crippen molar-refractivity contribution >= 4 is 0 Å². The number of aromatic amines is 1. The molecule has 2 fully saturated rings. The fraction of sp³-hybridized carbons (Fsp3) is 0.857. The minimum Gasteiger partial charge on any atom is -0.396 e. The minimum atomic E-state index is 0.130. The van der Waals surface area contributed by atoms with Crippen molar-refractivity contribution in [2.75, 3.05) is 19.7 Å². The van der Waals surface area contributed by atoms with Crippen molar-refractivity contribution in [3.8, 4) is 0 Å². The molecule has 0 bridgehead atoms. The lowest BCUT2D eigenvalue weighted by Crippen LogP contribution is -2.45. The Kier molecular flexibility index (Phi) is 3.58. The quantitative estimate of drug-likeness (QED) is 0.845. The van der Waals surface area contributed by atoms with E-state index in [4.69, 9.17) is 0 Å². The highest BCUT2D eigenvalue weighted by Gasteiger charge is 2.39. The SMILES string of the molecule is Cc1nc(CN2CCCC(CO)(CC3CC3)C2)n[nH]1. The average molecular weight is 264 g/mol. The number of rotatable bonds is 5. The fourth-order valence-corrected chi connectivity index (χ4v) is 3.40. The Labute approximate surface area is 114 Å². The molecule has 1 aliphatic carbocycles. The monoisotopic (exact) mass is 264 g/mol. The van der Waals surface area contributed by atoms with Crippen LogP contribution in [0.25, 0.3) is 0 Å². The number of aliphatic hydroxyl groups excluding tert-OH is 1. The minimum absolute atomic E-state index is 0.130. The second kappa shape index (κ2) is 5.21. The van der Waals surface area contributed by atoms with Gasteiger partial charge in [0.25, 0.3) is 0 Å². The van der Waals surface area contributed by atoms with E-state index < -0.39 is 0 Å². The standard InChI is InChI=1S/C14H24N4O/c1-11-15-13(17-16-11)8-18-6-2-5-14(9-18,10-19)7-12-3-4-12/h12,19H,2-10H2,1H3,(H,15,16,17). The largest absolute Gasteiger partial charge is 0.396 e. The lowest BCUT2D eigenvalue weighted by Gasteiger charge is -2.41. The molecular weight excluding hydrogens is 240 g/mol. The van der Waals surface area contributed by atoms with Gasteiger partial charge in [-0.25, -0.2) is 4.98 Å². The predicted octanol–water partition coefficient (Wildman–Crippen LogP) is 1.49. The molecule has 0 radical (unpaired) electrons. The molecule has 2 N–H and O–H groups in total. The van der Waals surface area contributed by atoms with Crippen LogP contribution in [0.5, 0.6) is 0 Å². The van der Waals surface area contributed by atoms with Gasteiger partial charge in [-0.05, 0) is 38.6 Å². The summed E-state index contributed by atoms with van der Waals surface area (Å²) in [6.45, 7) is 5.15. The highest BCUT2D eigenvalue weighted by molar-refractivity contribution is 4.94. The third-order valence-electron chi connectivity index (χ3n) is 4.50. The molecule has 1 saturated heterocycles. The van der Waals surface area contributed by atoms with Gasteiger partial charge in [0.1, 0.15) is 5.82 Å². The van der Waals surface area contributed by atoms with Gasteiger partial charge < -0.3 is 5.11 Å². The maximum atomic E-state index is 9.84. The van der Waals surface area contributed by atoms with E-state index in [0.717, 1.165) is 37.2 Å². The van der Waals surface area contributed by atoms with Crippen LogP contribution >= 0.6 is 0 Å². The molecule has 2 aliphatic rings. The number of aliphatic hydroxyl groups is 1. The van der Waals surface area contributed by atoms with Gasteiger partial charge in [0.05, 0.1) is 6.54 Å². The van der Waals surface area contributed by atoms with Crippen molar-refractivity contribution in [1.82, 2.24) is 20.1 Å². The first-order valence-electron chi connectivity index (χ1n) is 7.40. The van der Waals surface area contributed by atoms with Crippen molar-refractivity contribution in [3.05, 3.63) is 11.6 Å². The molecule has 19 heavy (non-hydrogen) atoms.